The van der Waals surface area contributed by atoms with E-state index in [1.807, 2.05) is 25.1 Å². The molecule has 1 aromatic heterocycles. The van der Waals surface area contributed by atoms with E-state index in [1.54, 1.807) is 11.0 Å². The summed E-state index contributed by atoms with van der Waals surface area (Å²) in [6.45, 7) is 3.40. The van der Waals surface area contributed by atoms with Gasteiger partial charge in [-0.2, -0.15) is 0 Å². The van der Waals surface area contributed by atoms with Crippen LogP contribution in [0.3, 0.4) is 0 Å². The maximum absolute atomic E-state index is 13.8. The van der Waals surface area contributed by atoms with E-state index < -0.39 is 0 Å². The number of amides is 1. The molecule has 1 amide bonds. The summed E-state index contributed by atoms with van der Waals surface area (Å²) in [5.41, 5.74) is 6.35. The third-order valence-corrected chi connectivity index (χ3v) is 5.65. The number of carbonyl (C=O) groups excluding carboxylic acids is 1. The Hall–Kier alpha value is -2.40. The number of nitrogens with zero attached hydrogens (tertiary/aromatic N) is 2. The molecule has 2 heterocycles. The minimum atomic E-state index is -0.316. The first-order valence-electron chi connectivity index (χ1n) is 9.64. The quantitative estimate of drug-likeness (QED) is 0.674. The molecule has 4 nitrogen and oxygen atoms in total. The van der Waals surface area contributed by atoms with E-state index in [2.05, 4.69) is 4.98 Å². The summed E-state index contributed by atoms with van der Waals surface area (Å²) >= 11 is 6.23. The van der Waals surface area contributed by atoms with Crippen molar-refractivity contribution in [3.63, 3.8) is 0 Å². The highest BCUT2D eigenvalue weighted by atomic mass is 35.5. The molecule has 0 radical (unpaired) electrons. The van der Waals surface area contributed by atoms with E-state index in [9.17, 15) is 9.18 Å². The van der Waals surface area contributed by atoms with Gasteiger partial charge in [-0.1, -0.05) is 23.2 Å². The monoisotopic (exact) mass is 400 g/mol. The molecule has 28 heavy (non-hydrogen) atoms. The van der Waals surface area contributed by atoms with Gasteiger partial charge in [0.05, 0.1) is 18.5 Å². The van der Waals surface area contributed by atoms with E-state index in [0.717, 1.165) is 53.6 Å². The summed E-state index contributed by atoms with van der Waals surface area (Å²) in [5, 5.41) is 0.699. The first-order valence-corrected chi connectivity index (χ1v) is 10.0. The molecule has 1 fully saturated rings. The van der Waals surface area contributed by atoms with Gasteiger partial charge in [0.25, 0.3) is 0 Å². The molecule has 1 aromatic carbocycles. The highest BCUT2D eigenvalue weighted by Gasteiger charge is 2.27. The van der Waals surface area contributed by atoms with Crippen molar-refractivity contribution in [2.24, 2.45) is 0 Å². The van der Waals surface area contributed by atoms with E-state index in [-0.39, 0.29) is 11.9 Å². The number of hydrogen-bond donors (Lipinski definition) is 0. The van der Waals surface area contributed by atoms with Crippen LogP contribution in [0.2, 0.25) is 5.02 Å². The number of piperidine rings is 1. The largest absolute Gasteiger partial charge is 0.450 e. The van der Waals surface area contributed by atoms with Crippen LogP contribution in [0.5, 0.6) is 0 Å². The minimum absolute atomic E-state index is 0.264. The van der Waals surface area contributed by atoms with Crippen LogP contribution < -0.4 is 0 Å². The van der Waals surface area contributed by atoms with Gasteiger partial charge >= 0.3 is 6.09 Å². The maximum Gasteiger partial charge on any atom is 0.409 e. The molecule has 1 aliphatic carbocycles. The highest BCUT2D eigenvalue weighted by Crippen LogP contribution is 2.38. The molecular formula is C22H22ClFN2O2. The Labute approximate surface area is 169 Å². The van der Waals surface area contributed by atoms with Crippen LogP contribution in [0.4, 0.5) is 9.18 Å². The molecule has 0 N–H and O–H groups in total. The van der Waals surface area contributed by atoms with Gasteiger partial charge in [0.15, 0.2) is 0 Å². The lowest BCUT2D eigenvalue weighted by molar-refractivity contribution is 0.104. The molecule has 4 rings (SSSR count). The number of pyridine rings is 1. The number of benzene rings is 1. The van der Waals surface area contributed by atoms with E-state index in [1.165, 1.54) is 11.8 Å². The van der Waals surface area contributed by atoms with Gasteiger partial charge in [0.1, 0.15) is 5.82 Å². The standard InChI is InChI=1S/C22H22ClFN2O2/c1-2-28-22(27)26-9-7-14(8-10-26)20-19-6-5-17(23)11-15(19)3-4-16-12-18(24)13-25-21(16)20/h5-6,11-13H,2-4,7-10H2,1H3. The van der Waals surface area contributed by atoms with E-state index >= 15 is 0 Å². The van der Waals surface area contributed by atoms with Crippen LogP contribution in [0.1, 0.15) is 42.1 Å². The predicted molar refractivity (Wildman–Crippen MR) is 107 cm³/mol. The Morgan fingerprint density at radius 1 is 1.18 bits per heavy atom. The average molecular weight is 401 g/mol. The maximum atomic E-state index is 13.8. The summed E-state index contributed by atoms with van der Waals surface area (Å²) in [4.78, 5) is 18.2. The second kappa shape index (κ2) is 7.92. The number of fused-ring (bicyclic) bond motifs is 2. The number of aryl methyl sites for hydroxylation is 2. The Balaban J connectivity index is 1.77. The molecule has 146 valence electrons. The normalized spacial score (nSPS) is 16.3. The van der Waals surface area contributed by atoms with Crippen LogP contribution in [0, 0.1) is 5.82 Å². The Bertz CT molecular complexity index is 892. The van der Waals surface area contributed by atoms with Gasteiger partial charge in [0.2, 0.25) is 0 Å². The SMILES string of the molecule is CCOC(=O)N1CCC(=C2c3ccc(Cl)cc3CCc3cc(F)cnc32)CC1. The number of rotatable bonds is 1. The van der Waals surface area contributed by atoms with Crippen LogP contribution in [-0.4, -0.2) is 35.7 Å². The van der Waals surface area contributed by atoms with Crippen LogP contribution >= 0.6 is 11.6 Å². The summed E-state index contributed by atoms with van der Waals surface area (Å²) in [6, 6.07) is 7.51. The number of ether oxygens (including phenoxy) is 1. The second-order valence-electron chi connectivity index (χ2n) is 7.13. The van der Waals surface area contributed by atoms with Gasteiger partial charge in [-0.25, -0.2) is 9.18 Å². The van der Waals surface area contributed by atoms with Gasteiger partial charge in [0, 0.05) is 23.7 Å². The van der Waals surface area contributed by atoms with Crippen molar-refractivity contribution in [3.05, 3.63) is 69.3 Å². The molecule has 0 atom stereocenters. The van der Waals surface area contributed by atoms with E-state index in [4.69, 9.17) is 16.3 Å². The lowest BCUT2D eigenvalue weighted by Crippen LogP contribution is -2.37. The summed E-state index contributed by atoms with van der Waals surface area (Å²) in [7, 11) is 0. The van der Waals surface area contributed by atoms with Crippen molar-refractivity contribution < 1.29 is 13.9 Å². The first kappa shape index (κ1) is 18.9. The zero-order chi connectivity index (χ0) is 19.7. The third-order valence-electron chi connectivity index (χ3n) is 5.42. The molecule has 1 saturated heterocycles. The zero-order valence-electron chi connectivity index (χ0n) is 15.8. The fraction of sp³-hybridized carbons (Fsp3) is 0.364. The van der Waals surface area contributed by atoms with Crippen molar-refractivity contribution in [1.29, 1.82) is 0 Å². The van der Waals surface area contributed by atoms with Crippen molar-refractivity contribution in [2.75, 3.05) is 19.7 Å². The molecule has 2 aliphatic rings. The third kappa shape index (κ3) is 3.63. The Morgan fingerprint density at radius 2 is 1.93 bits per heavy atom. The molecule has 0 saturated carbocycles. The van der Waals surface area contributed by atoms with Crippen molar-refractivity contribution in [1.82, 2.24) is 9.88 Å². The van der Waals surface area contributed by atoms with Gasteiger partial charge in [-0.15, -0.1) is 0 Å². The van der Waals surface area contributed by atoms with Crippen molar-refractivity contribution in [2.45, 2.75) is 32.6 Å². The number of hydrogen-bond acceptors (Lipinski definition) is 3. The average Bonchev–Trinajstić information content (AvgIpc) is 2.84. The zero-order valence-corrected chi connectivity index (χ0v) is 16.6. The fourth-order valence-electron chi connectivity index (χ4n) is 4.09. The van der Waals surface area contributed by atoms with E-state index in [0.29, 0.717) is 24.7 Å². The minimum Gasteiger partial charge on any atom is -0.450 e. The molecule has 0 spiro atoms. The van der Waals surface area contributed by atoms with Crippen LogP contribution in [-0.2, 0) is 17.6 Å². The molecular weight excluding hydrogens is 379 g/mol. The predicted octanol–water partition coefficient (Wildman–Crippen LogP) is 5.03. The number of aromatic nitrogens is 1. The first-order chi connectivity index (χ1) is 13.6. The molecule has 6 heteroatoms. The van der Waals surface area contributed by atoms with Crippen LogP contribution in [0.25, 0.3) is 5.57 Å². The molecule has 2 aromatic rings. The fourth-order valence-corrected chi connectivity index (χ4v) is 4.28. The second-order valence-corrected chi connectivity index (χ2v) is 7.56. The summed E-state index contributed by atoms with van der Waals surface area (Å²) < 4.78 is 19.0. The Kier molecular flexibility index (Phi) is 5.36. The van der Waals surface area contributed by atoms with Crippen molar-refractivity contribution in [3.8, 4) is 0 Å². The molecule has 0 unspecified atom stereocenters. The number of carbonyl (C=O) groups is 1. The smallest absolute Gasteiger partial charge is 0.409 e. The van der Waals surface area contributed by atoms with Gasteiger partial charge < -0.3 is 9.64 Å². The highest BCUT2D eigenvalue weighted by molar-refractivity contribution is 6.30. The number of likely N-dealkylation sites (tertiary alicyclic amines) is 1. The summed E-state index contributed by atoms with van der Waals surface area (Å²) in [5.74, 6) is -0.316. The number of halogens is 2. The summed E-state index contributed by atoms with van der Waals surface area (Å²) in [6.07, 6.45) is 4.02. The lowest BCUT2D eigenvalue weighted by atomic mass is 9.88. The topological polar surface area (TPSA) is 42.4 Å². The lowest BCUT2D eigenvalue weighted by Gasteiger charge is -2.29. The molecule has 1 aliphatic heterocycles. The van der Waals surface area contributed by atoms with Gasteiger partial charge in [-0.3, -0.25) is 4.98 Å². The Morgan fingerprint density at radius 3 is 2.68 bits per heavy atom. The van der Waals surface area contributed by atoms with Gasteiger partial charge in [-0.05, 0) is 67.5 Å². The van der Waals surface area contributed by atoms with Crippen LogP contribution in [0.15, 0.2) is 36.0 Å². The molecule has 0 bridgehead atoms. The van der Waals surface area contributed by atoms with Crippen molar-refractivity contribution >= 4 is 23.3 Å².